The van der Waals surface area contributed by atoms with E-state index in [1.165, 1.54) is 0 Å². The topological polar surface area (TPSA) is 77.2 Å². The number of rotatable bonds is 6. The van der Waals surface area contributed by atoms with Crippen molar-refractivity contribution in [3.8, 4) is 5.75 Å². The Bertz CT molecular complexity index is 626. The van der Waals surface area contributed by atoms with Crippen molar-refractivity contribution < 1.29 is 23.4 Å². The van der Waals surface area contributed by atoms with E-state index in [1.807, 2.05) is 6.92 Å². The highest BCUT2D eigenvalue weighted by Gasteiger charge is 2.26. The first-order valence-electron chi connectivity index (χ1n) is 6.19. The number of ether oxygens (including phenoxy) is 1. The van der Waals surface area contributed by atoms with Crippen molar-refractivity contribution in [1.82, 2.24) is 15.0 Å². The Balaban J connectivity index is 2.25. The zero-order chi connectivity index (χ0) is 15.4. The average Bonchev–Trinajstić information content (AvgIpc) is 2.85. The van der Waals surface area contributed by atoms with Crippen molar-refractivity contribution in [2.45, 2.75) is 19.9 Å². The van der Waals surface area contributed by atoms with Crippen LogP contribution < -0.4 is 4.74 Å². The average molecular weight is 297 g/mol. The standard InChI is InChI=1S/C13H13F2N3O3/c1-2-21-9-5-3-8(4-6-9)7-18-11(12(14)15)10(13(19)20)16-17-18/h3-6,12H,2,7H2,1H3,(H,19,20). The van der Waals surface area contributed by atoms with Crippen LogP contribution >= 0.6 is 0 Å². The maximum absolute atomic E-state index is 13.0. The number of benzene rings is 1. The minimum atomic E-state index is -2.96. The number of hydrogen-bond donors (Lipinski definition) is 1. The molecule has 0 unspecified atom stereocenters. The predicted molar refractivity (Wildman–Crippen MR) is 68.7 cm³/mol. The zero-order valence-corrected chi connectivity index (χ0v) is 11.2. The molecule has 2 rings (SSSR count). The van der Waals surface area contributed by atoms with E-state index in [0.717, 1.165) is 4.68 Å². The lowest BCUT2D eigenvalue weighted by Gasteiger charge is -2.07. The molecule has 0 bridgehead atoms. The third-order valence-electron chi connectivity index (χ3n) is 2.75. The fraction of sp³-hybridized carbons (Fsp3) is 0.308. The van der Waals surface area contributed by atoms with Crippen LogP contribution in [0.4, 0.5) is 8.78 Å². The van der Waals surface area contributed by atoms with Gasteiger partial charge in [0.15, 0.2) is 5.69 Å². The molecule has 0 aliphatic rings. The predicted octanol–water partition coefficient (Wildman–Crippen LogP) is 2.36. The quantitative estimate of drug-likeness (QED) is 0.885. The van der Waals surface area contributed by atoms with Gasteiger partial charge < -0.3 is 9.84 Å². The molecule has 0 saturated heterocycles. The maximum Gasteiger partial charge on any atom is 0.358 e. The summed E-state index contributed by atoms with van der Waals surface area (Å²) in [5.41, 5.74) is -0.741. The summed E-state index contributed by atoms with van der Waals surface area (Å²) in [5.74, 6) is -0.858. The van der Waals surface area contributed by atoms with Crippen molar-refractivity contribution in [2.24, 2.45) is 0 Å². The van der Waals surface area contributed by atoms with E-state index in [-0.39, 0.29) is 6.54 Å². The van der Waals surface area contributed by atoms with Gasteiger partial charge in [0.25, 0.3) is 6.43 Å². The van der Waals surface area contributed by atoms with Gasteiger partial charge in [-0.15, -0.1) is 5.10 Å². The third-order valence-corrected chi connectivity index (χ3v) is 2.75. The van der Waals surface area contributed by atoms with E-state index in [9.17, 15) is 13.6 Å². The largest absolute Gasteiger partial charge is 0.494 e. The molecule has 0 radical (unpaired) electrons. The number of aromatic carboxylic acids is 1. The summed E-state index contributed by atoms with van der Waals surface area (Å²) in [5, 5.41) is 15.6. The smallest absolute Gasteiger partial charge is 0.358 e. The van der Waals surface area contributed by atoms with Crippen LogP contribution in [0.3, 0.4) is 0 Å². The maximum atomic E-state index is 13.0. The molecule has 0 aliphatic carbocycles. The molecule has 8 heteroatoms. The lowest BCUT2D eigenvalue weighted by Crippen LogP contribution is -2.10. The van der Waals surface area contributed by atoms with Gasteiger partial charge in [-0.3, -0.25) is 0 Å². The Morgan fingerprint density at radius 1 is 1.38 bits per heavy atom. The zero-order valence-electron chi connectivity index (χ0n) is 11.2. The molecule has 21 heavy (non-hydrogen) atoms. The fourth-order valence-electron chi connectivity index (χ4n) is 1.84. The molecular formula is C13H13F2N3O3. The van der Waals surface area contributed by atoms with Crippen LogP contribution in [-0.2, 0) is 6.54 Å². The molecule has 1 aromatic carbocycles. The molecule has 112 valence electrons. The summed E-state index contributed by atoms with van der Waals surface area (Å²) >= 11 is 0. The highest BCUT2D eigenvalue weighted by Crippen LogP contribution is 2.22. The summed E-state index contributed by atoms with van der Waals surface area (Å²) in [6.45, 7) is 2.39. The van der Waals surface area contributed by atoms with E-state index in [2.05, 4.69) is 10.3 Å². The van der Waals surface area contributed by atoms with E-state index in [1.54, 1.807) is 24.3 Å². The molecule has 2 aromatic rings. The van der Waals surface area contributed by atoms with Crippen LogP contribution in [0.15, 0.2) is 24.3 Å². The van der Waals surface area contributed by atoms with Crippen molar-refractivity contribution in [3.05, 3.63) is 41.2 Å². The normalized spacial score (nSPS) is 10.9. The Kier molecular flexibility index (Phi) is 4.46. The number of carbonyl (C=O) groups is 1. The Morgan fingerprint density at radius 3 is 2.57 bits per heavy atom. The number of carboxylic acids is 1. The van der Waals surface area contributed by atoms with Gasteiger partial charge in [0.2, 0.25) is 0 Å². The first-order chi connectivity index (χ1) is 10.0. The molecule has 0 fully saturated rings. The second-order valence-electron chi connectivity index (χ2n) is 4.16. The second-order valence-corrected chi connectivity index (χ2v) is 4.16. The van der Waals surface area contributed by atoms with Crippen LogP contribution in [-0.4, -0.2) is 32.7 Å². The number of carboxylic acid groups (broad SMARTS) is 1. The van der Waals surface area contributed by atoms with Gasteiger partial charge in [-0.05, 0) is 24.6 Å². The third kappa shape index (κ3) is 3.33. The summed E-state index contributed by atoms with van der Waals surface area (Å²) in [4.78, 5) is 10.8. The first kappa shape index (κ1) is 14.9. The molecule has 0 spiro atoms. The van der Waals surface area contributed by atoms with Gasteiger partial charge in [-0.2, -0.15) is 0 Å². The number of halogens is 2. The molecule has 6 nitrogen and oxygen atoms in total. The fourth-order valence-corrected chi connectivity index (χ4v) is 1.84. The van der Waals surface area contributed by atoms with Gasteiger partial charge in [0.1, 0.15) is 11.4 Å². The number of aromatic nitrogens is 3. The van der Waals surface area contributed by atoms with E-state index < -0.39 is 23.8 Å². The molecule has 0 saturated carbocycles. The van der Waals surface area contributed by atoms with Crippen LogP contribution in [0, 0.1) is 0 Å². The van der Waals surface area contributed by atoms with Gasteiger partial charge in [0, 0.05) is 0 Å². The van der Waals surface area contributed by atoms with Gasteiger partial charge in [-0.25, -0.2) is 18.3 Å². The summed E-state index contributed by atoms with van der Waals surface area (Å²) in [7, 11) is 0. The molecule has 1 N–H and O–H groups in total. The number of hydrogen-bond acceptors (Lipinski definition) is 4. The SMILES string of the molecule is CCOc1ccc(Cn2nnc(C(=O)O)c2C(F)F)cc1. The highest BCUT2D eigenvalue weighted by molar-refractivity contribution is 5.86. The summed E-state index contributed by atoms with van der Waals surface area (Å²) < 4.78 is 32.1. The van der Waals surface area contributed by atoms with E-state index >= 15 is 0 Å². The number of alkyl halides is 2. The molecule has 0 atom stereocenters. The van der Waals surface area contributed by atoms with Gasteiger partial charge in [-0.1, -0.05) is 17.3 Å². The lowest BCUT2D eigenvalue weighted by atomic mass is 10.2. The number of nitrogens with zero attached hydrogens (tertiary/aromatic N) is 3. The van der Waals surface area contributed by atoms with Crippen LogP contribution in [0.1, 0.15) is 35.1 Å². The van der Waals surface area contributed by atoms with E-state index in [0.29, 0.717) is 17.9 Å². The molecule has 0 aliphatic heterocycles. The monoisotopic (exact) mass is 297 g/mol. The van der Waals surface area contributed by atoms with E-state index in [4.69, 9.17) is 9.84 Å². The van der Waals surface area contributed by atoms with Crippen molar-refractivity contribution >= 4 is 5.97 Å². The van der Waals surface area contributed by atoms with Gasteiger partial charge >= 0.3 is 5.97 Å². The first-order valence-corrected chi connectivity index (χ1v) is 6.19. The van der Waals surface area contributed by atoms with Crippen LogP contribution in [0.2, 0.25) is 0 Å². The molecule has 1 aromatic heterocycles. The molecule has 1 heterocycles. The Labute approximate surface area is 119 Å². The van der Waals surface area contributed by atoms with Crippen LogP contribution in [0.5, 0.6) is 5.75 Å². The summed E-state index contributed by atoms with van der Waals surface area (Å²) in [6, 6.07) is 6.80. The molecular weight excluding hydrogens is 284 g/mol. The van der Waals surface area contributed by atoms with Crippen molar-refractivity contribution in [1.29, 1.82) is 0 Å². The minimum absolute atomic E-state index is 0.00631. The van der Waals surface area contributed by atoms with Crippen LogP contribution in [0.25, 0.3) is 0 Å². The second kappa shape index (κ2) is 6.29. The Hall–Kier alpha value is -2.51. The summed E-state index contributed by atoms with van der Waals surface area (Å²) in [6.07, 6.45) is -2.96. The highest BCUT2D eigenvalue weighted by atomic mass is 19.3. The minimum Gasteiger partial charge on any atom is -0.494 e. The van der Waals surface area contributed by atoms with Gasteiger partial charge in [0.05, 0.1) is 13.2 Å². The molecule has 0 amide bonds. The van der Waals surface area contributed by atoms with Crippen molar-refractivity contribution in [2.75, 3.05) is 6.61 Å². The van der Waals surface area contributed by atoms with Crippen molar-refractivity contribution in [3.63, 3.8) is 0 Å². The lowest BCUT2D eigenvalue weighted by molar-refractivity contribution is 0.0675. The Morgan fingerprint density at radius 2 is 2.05 bits per heavy atom.